The molecule has 1 rings (SSSR count). The highest BCUT2D eigenvalue weighted by Gasteiger charge is 2.32. The van der Waals surface area contributed by atoms with Gasteiger partial charge in [-0.15, -0.1) is 13.2 Å². The van der Waals surface area contributed by atoms with Crippen LogP contribution in [-0.4, -0.2) is 11.3 Å². The fourth-order valence-corrected chi connectivity index (χ4v) is 1.72. The van der Waals surface area contributed by atoms with Crippen LogP contribution in [0.5, 0.6) is 5.75 Å². The van der Waals surface area contributed by atoms with E-state index in [4.69, 9.17) is 0 Å². The fourth-order valence-electron chi connectivity index (χ4n) is 0.790. The lowest BCUT2D eigenvalue weighted by atomic mass is 10.3. The summed E-state index contributed by atoms with van der Waals surface area (Å²) in [5.41, 5.74) is 0.455. The molecule has 1 aromatic rings. The number of pyridine rings is 1. The van der Waals surface area contributed by atoms with Gasteiger partial charge in [0.2, 0.25) is 0 Å². The van der Waals surface area contributed by atoms with Crippen molar-refractivity contribution in [2.24, 2.45) is 0 Å². The maximum atomic E-state index is 11.9. The SMILES string of the molecule is Cc1nc(I)cc(OC(F)(F)F)c1Br. The summed E-state index contributed by atoms with van der Waals surface area (Å²) in [6, 6.07) is 1.21. The molecule has 0 fully saturated rings. The van der Waals surface area contributed by atoms with Crippen LogP contribution in [0.4, 0.5) is 13.2 Å². The smallest absolute Gasteiger partial charge is 0.404 e. The van der Waals surface area contributed by atoms with Crippen LogP contribution in [0.3, 0.4) is 0 Å². The highest BCUT2D eigenvalue weighted by molar-refractivity contribution is 14.1. The van der Waals surface area contributed by atoms with Crippen LogP contribution < -0.4 is 4.74 Å². The lowest BCUT2D eigenvalue weighted by Gasteiger charge is -2.11. The minimum Gasteiger partial charge on any atom is -0.404 e. The van der Waals surface area contributed by atoms with E-state index in [1.54, 1.807) is 6.92 Å². The zero-order chi connectivity index (χ0) is 10.9. The molecular formula is C7H4BrF3INO. The molecule has 1 aromatic heterocycles. The standard InChI is InChI=1S/C7H4BrF3INO/c1-3-6(8)4(2-5(12)13-3)14-7(9,10)11/h2H,1H3. The van der Waals surface area contributed by atoms with Crippen molar-refractivity contribution in [3.05, 3.63) is 19.9 Å². The van der Waals surface area contributed by atoms with Crippen LogP contribution in [0.2, 0.25) is 0 Å². The first kappa shape index (κ1) is 12.0. The number of alkyl halides is 3. The highest BCUT2D eigenvalue weighted by Crippen LogP contribution is 2.32. The minimum absolute atomic E-state index is 0.218. The van der Waals surface area contributed by atoms with E-state index in [0.717, 1.165) is 0 Å². The number of rotatable bonds is 1. The van der Waals surface area contributed by atoms with Crippen LogP contribution >= 0.6 is 38.5 Å². The first-order valence-corrected chi connectivity index (χ1v) is 5.25. The lowest BCUT2D eigenvalue weighted by molar-refractivity contribution is -0.275. The Bertz CT molecular complexity index is 356. The highest BCUT2D eigenvalue weighted by atomic mass is 127. The molecule has 0 aliphatic carbocycles. The number of ether oxygens (including phenoxy) is 1. The molecule has 0 N–H and O–H groups in total. The van der Waals surface area contributed by atoms with Gasteiger partial charge >= 0.3 is 6.36 Å². The van der Waals surface area contributed by atoms with Gasteiger partial charge in [0.1, 0.15) is 9.45 Å². The molecule has 0 unspecified atom stereocenters. The largest absolute Gasteiger partial charge is 0.573 e. The van der Waals surface area contributed by atoms with Crippen molar-refractivity contribution >= 4 is 38.5 Å². The second-order valence-electron chi connectivity index (χ2n) is 2.39. The van der Waals surface area contributed by atoms with Crippen LogP contribution in [-0.2, 0) is 0 Å². The Kier molecular flexibility index (Phi) is 3.62. The average molecular weight is 382 g/mol. The maximum absolute atomic E-state index is 11.9. The number of hydrogen-bond acceptors (Lipinski definition) is 2. The van der Waals surface area contributed by atoms with Crippen molar-refractivity contribution in [2.75, 3.05) is 0 Å². The van der Waals surface area contributed by atoms with Crippen molar-refractivity contribution in [1.29, 1.82) is 0 Å². The lowest BCUT2D eigenvalue weighted by Crippen LogP contribution is -2.17. The molecule has 7 heteroatoms. The summed E-state index contributed by atoms with van der Waals surface area (Å²) in [6.07, 6.45) is -4.68. The van der Waals surface area contributed by atoms with E-state index < -0.39 is 6.36 Å². The van der Waals surface area contributed by atoms with Gasteiger partial charge in [-0.1, -0.05) is 0 Å². The first-order chi connectivity index (χ1) is 6.29. The van der Waals surface area contributed by atoms with E-state index in [1.165, 1.54) is 6.07 Å². The Morgan fingerprint density at radius 2 is 2.07 bits per heavy atom. The summed E-state index contributed by atoms with van der Waals surface area (Å²) in [7, 11) is 0. The zero-order valence-electron chi connectivity index (χ0n) is 6.82. The molecule has 1 heterocycles. The van der Waals surface area contributed by atoms with Gasteiger partial charge in [0.15, 0.2) is 0 Å². The van der Waals surface area contributed by atoms with Crippen molar-refractivity contribution in [3.63, 3.8) is 0 Å². The Labute approximate surface area is 100 Å². The van der Waals surface area contributed by atoms with Crippen molar-refractivity contribution < 1.29 is 17.9 Å². The third-order valence-corrected chi connectivity index (χ3v) is 2.80. The van der Waals surface area contributed by atoms with E-state index >= 15 is 0 Å². The third kappa shape index (κ3) is 3.26. The predicted molar refractivity (Wildman–Crippen MR) is 56.1 cm³/mol. The number of hydrogen-bond donors (Lipinski definition) is 0. The van der Waals surface area contributed by atoms with Gasteiger partial charge in [-0.25, -0.2) is 4.98 Å². The van der Waals surface area contributed by atoms with Crippen LogP contribution in [0.25, 0.3) is 0 Å². The van der Waals surface area contributed by atoms with Gasteiger partial charge in [-0.3, -0.25) is 0 Å². The molecule has 0 atom stereocenters. The quantitative estimate of drug-likeness (QED) is 0.547. The number of halogens is 5. The van der Waals surface area contributed by atoms with Crippen LogP contribution in [0, 0.1) is 10.6 Å². The molecule has 0 aliphatic rings. The van der Waals surface area contributed by atoms with E-state index in [2.05, 4.69) is 25.7 Å². The normalized spacial score (nSPS) is 11.6. The number of aryl methyl sites for hydroxylation is 1. The van der Waals surface area contributed by atoms with E-state index in [-0.39, 0.29) is 10.2 Å². The second kappa shape index (κ2) is 4.21. The van der Waals surface area contributed by atoms with Gasteiger partial charge in [-0.2, -0.15) is 0 Å². The van der Waals surface area contributed by atoms with Gasteiger partial charge in [0.25, 0.3) is 0 Å². The molecule has 0 aromatic carbocycles. The van der Waals surface area contributed by atoms with Gasteiger partial charge < -0.3 is 4.74 Å². The molecule has 0 amide bonds. The van der Waals surface area contributed by atoms with Gasteiger partial charge in [-0.05, 0) is 45.4 Å². The Balaban J connectivity index is 3.09. The Morgan fingerprint density at radius 3 is 2.57 bits per heavy atom. The van der Waals surface area contributed by atoms with E-state index in [1.807, 2.05) is 22.6 Å². The summed E-state index contributed by atoms with van der Waals surface area (Å²) in [4.78, 5) is 3.96. The van der Waals surface area contributed by atoms with E-state index in [0.29, 0.717) is 9.39 Å². The third-order valence-electron chi connectivity index (χ3n) is 1.28. The average Bonchev–Trinajstić information content (AvgIpc) is 1.96. The monoisotopic (exact) mass is 381 g/mol. The first-order valence-electron chi connectivity index (χ1n) is 3.38. The second-order valence-corrected chi connectivity index (χ2v) is 4.29. The molecule has 0 aliphatic heterocycles. The molecule has 0 spiro atoms. The molecule has 78 valence electrons. The van der Waals surface area contributed by atoms with Crippen molar-refractivity contribution in [1.82, 2.24) is 4.98 Å². The molecule has 0 radical (unpaired) electrons. The Morgan fingerprint density at radius 1 is 1.50 bits per heavy atom. The zero-order valence-corrected chi connectivity index (χ0v) is 10.6. The summed E-state index contributed by atoms with van der Waals surface area (Å²) >= 11 is 4.80. The van der Waals surface area contributed by atoms with Gasteiger partial charge in [0.05, 0.1) is 10.2 Å². The summed E-state index contributed by atoms with van der Waals surface area (Å²) in [5.74, 6) is -0.269. The number of nitrogens with zero attached hydrogens (tertiary/aromatic N) is 1. The van der Waals surface area contributed by atoms with Crippen LogP contribution in [0.15, 0.2) is 10.5 Å². The summed E-state index contributed by atoms with van der Waals surface area (Å²) in [6.45, 7) is 1.59. The van der Waals surface area contributed by atoms with E-state index in [9.17, 15) is 13.2 Å². The predicted octanol–water partition coefficient (Wildman–Crippen LogP) is 3.66. The van der Waals surface area contributed by atoms with Gasteiger partial charge in [0, 0.05) is 6.07 Å². The van der Waals surface area contributed by atoms with Crippen molar-refractivity contribution in [3.8, 4) is 5.75 Å². The molecule has 0 bridgehead atoms. The molecule has 2 nitrogen and oxygen atoms in total. The minimum atomic E-state index is -4.68. The number of aromatic nitrogens is 1. The molecule has 0 saturated carbocycles. The maximum Gasteiger partial charge on any atom is 0.573 e. The summed E-state index contributed by atoms with van der Waals surface area (Å²) < 4.78 is 40.2. The van der Waals surface area contributed by atoms with Crippen LogP contribution in [0.1, 0.15) is 5.69 Å². The summed E-state index contributed by atoms with van der Waals surface area (Å²) in [5, 5.41) is 0. The Hall–Kier alpha value is -0.0500. The molecule has 0 saturated heterocycles. The molecular weight excluding hydrogens is 378 g/mol. The topological polar surface area (TPSA) is 22.1 Å². The fraction of sp³-hybridized carbons (Fsp3) is 0.286. The van der Waals surface area contributed by atoms with Crippen molar-refractivity contribution in [2.45, 2.75) is 13.3 Å². The molecule has 14 heavy (non-hydrogen) atoms.